The SMILES string of the molecule is CCOc1ccc(NC(=O)CSc2nnc([C@H](C)Oc3ccc(CC)cc3)n2C)cc1. The third-order valence-electron chi connectivity index (χ3n) is 4.66. The summed E-state index contributed by atoms with van der Waals surface area (Å²) in [6.07, 6.45) is 0.725. The third kappa shape index (κ3) is 6.24. The van der Waals surface area contributed by atoms with Gasteiger partial charge in [0, 0.05) is 12.7 Å². The molecule has 1 aromatic heterocycles. The van der Waals surface area contributed by atoms with Gasteiger partial charge in [0.1, 0.15) is 11.5 Å². The summed E-state index contributed by atoms with van der Waals surface area (Å²) in [6.45, 7) is 6.60. The molecule has 1 atom stereocenters. The maximum absolute atomic E-state index is 12.3. The first-order chi connectivity index (χ1) is 15.0. The van der Waals surface area contributed by atoms with Gasteiger partial charge in [-0.1, -0.05) is 30.8 Å². The zero-order valence-corrected chi connectivity index (χ0v) is 19.1. The molecule has 8 heteroatoms. The number of thioether (sulfide) groups is 1. The molecule has 0 aliphatic heterocycles. The number of aryl methyl sites for hydroxylation is 1. The molecule has 0 aliphatic rings. The number of anilines is 1. The van der Waals surface area contributed by atoms with Crippen LogP contribution in [0.15, 0.2) is 53.7 Å². The molecule has 2 aromatic carbocycles. The van der Waals surface area contributed by atoms with Gasteiger partial charge < -0.3 is 19.4 Å². The molecule has 1 N–H and O–H groups in total. The summed E-state index contributed by atoms with van der Waals surface area (Å²) in [7, 11) is 1.88. The van der Waals surface area contributed by atoms with Crippen molar-refractivity contribution in [3.8, 4) is 11.5 Å². The molecule has 0 spiro atoms. The predicted octanol–water partition coefficient (Wildman–Crippen LogP) is 4.65. The average Bonchev–Trinajstić information content (AvgIpc) is 3.15. The molecular weight excluding hydrogens is 412 g/mol. The van der Waals surface area contributed by atoms with E-state index in [2.05, 4.69) is 34.6 Å². The van der Waals surface area contributed by atoms with E-state index in [1.807, 2.05) is 61.9 Å². The lowest BCUT2D eigenvalue weighted by Gasteiger charge is -2.14. The molecule has 0 aliphatic carbocycles. The van der Waals surface area contributed by atoms with Gasteiger partial charge >= 0.3 is 0 Å². The number of nitrogens with zero attached hydrogens (tertiary/aromatic N) is 3. The second kappa shape index (κ2) is 10.9. The molecule has 0 saturated heterocycles. The summed E-state index contributed by atoms with van der Waals surface area (Å²) in [5.41, 5.74) is 1.99. The second-order valence-corrected chi connectivity index (χ2v) is 7.89. The molecule has 31 heavy (non-hydrogen) atoms. The smallest absolute Gasteiger partial charge is 0.234 e. The minimum Gasteiger partial charge on any atom is -0.494 e. The van der Waals surface area contributed by atoms with Crippen LogP contribution in [0.5, 0.6) is 11.5 Å². The summed E-state index contributed by atoms with van der Waals surface area (Å²) in [5, 5.41) is 12.0. The van der Waals surface area contributed by atoms with E-state index in [-0.39, 0.29) is 17.8 Å². The van der Waals surface area contributed by atoms with Crippen molar-refractivity contribution in [2.75, 3.05) is 17.7 Å². The number of ether oxygens (including phenoxy) is 2. The van der Waals surface area contributed by atoms with Crippen molar-refractivity contribution in [3.63, 3.8) is 0 Å². The van der Waals surface area contributed by atoms with E-state index in [1.165, 1.54) is 17.3 Å². The fourth-order valence-electron chi connectivity index (χ4n) is 2.99. The van der Waals surface area contributed by atoms with E-state index in [4.69, 9.17) is 9.47 Å². The van der Waals surface area contributed by atoms with Crippen LogP contribution in [0.2, 0.25) is 0 Å². The van der Waals surface area contributed by atoms with E-state index in [1.54, 1.807) is 0 Å². The lowest BCUT2D eigenvalue weighted by molar-refractivity contribution is -0.113. The Bertz CT molecular complexity index is 987. The monoisotopic (exact) mass is 440 g/mol. The molecule has 1 amide bonds. The van der Waals surface area contributed by atoms with Crippen LogP contribution in [0.3, 0.4) is 0 Å². The first-order valence-electron chi connectivity index (χ1n) is 10.3. The quantitative estimate of drug-likeness (QED) is 0.463. The van der Waals surface area contributed by atoms with Gasteiger partial charge in [-0.3, -0.25) is 4.79 Å². The zero-order chi connectivity index (χ0) is 22.2. The van der Waals surface area contributed by atoms with Gasteiger partial charge in [-0.05, 0) is 62.2 Å². The van der Waals surface area contributed by atoms with Crippen LogP contribution in [0.25, 0.3) is 0 Å². The fraction of sp³-hybridized carbons (Fsp3) is 0.348. The molecule has 164 valence electrons. The van der Waals surface area contributed by atoms with Crippen LogP contribution in [-0.4, -0.2) is 33.0 Å². The maximum atomic E-state index is 12.3. The van der Waals surface area contributed by atoms with E-state index in [9.17, 15) is 4.79 Å². The number of rotatable bonds is 10. The highest BCUT2D eigenvalue weighted by atomic mass is 32.2. The first kappa shape index (κ1) is 22.7. The highest BCUT2D eigenvalue weighted by Crippen LogP contribution is 2.24. The molecule has 1 heterocycles. The van der Waals surface area contributed by atoms with Crippen LogP contribution >= 0.6 is 11.8 Å². The van der Waals surface area contributed by atoms with Crippen LogP contribution < -0.4 is 14.8 Å². The average molecular weight is 441 g/mol. The summed E-state index contributed by atoms with van der Waals surface area (Å²) in [6, 6.07) is 15.3. The number of carbonyl (C=O) groups excluding carboxylic acids is 1. The highest BCUT2D eigenvalue weighted by molar-refractivity contribution is 7.99. The number of carbonyl (C=O) groups is 1. The molecule has 3 rings (SSSR count). The van der Waals surface area contributed by atoms with Crippen molar-refractivity contribution >= 4 is 23.4 Å². The standard InChI is InChI=1S/C23H28N4O3S/c1-5-17-7-11-20(12-8-17)30-16(3)22-25-26-23(27(22)4)31-15-21(28)24-18-9-13-19(14-10-18)29-6-2/h7-14,16H,5-6,15H2,1-4H3,(H,24,28)/t16-/m0/s1. The lowest BCUT2D eigenvalue weighted by Crippen LogP contribution is -2.14. The molecule has 7 nitrogen and oxygen atoms in total. The molecule has 0 unspecified atom stereocenters. The van der Waals surface area contributed by atoms with Gasteiger partial charge in [-0.15, -0.1) is 10.2 Å². The molecule has 3 aromatic rings. The number of hydrogen-bond donors (Lipinski definition) is 1. The maximum Gasteiger partial charge on any atom is 0.234 e. The summed E-state index contributed by atoms with van der Waals surface area (Å²) >= 11 is 1.33. The topological polar surface area (TPSA) is 78.3 Å². The number of amides is 1. The van der Waals surface area contributed by atoms with Gasteiger partial charge in [0.25, 0.3) is 0 Å². The zero-order valence-electron chi connectivity index (χ0n) is 18.3. The van der Waals surface area contributed by atoms with E-state index in [0.29, 0.717) is 17.6 Å². The molecule has 0 fully saturated rings. The first-order valence-corrected chi connectivity index (χ1v) is 11.3. The van der Waals surface area contributed by atoms with Crippen molar-refractivity contribution < 1.29 is 14.3 Å². The van der Waals surface area contributed by atoms with E-state index < -0.39 is 0 Å². The Morgan fingerprint density at radius 3 is 2.39 bits per heavy atom. The van der Waals surface area contributed by atoms with Crippen molar-refractivity contribution in [3.05, 3.63) is 59.9 Å². The van der Waals surface area contributed by atoms with Gasteiger partial charge in [-0.2, -0.15) is 0 Å². The Morgan fingerprint density at radius 1 is 1.06 bits per heavy atom. The number of aromatic nitrogens is 3. The fourth-order valence-corrected chi connectivity index (χ4v) is 3.71. The number of hydrogen-bond acceptors (Lipinski definition) is 6. The summed E-state index contributed by atoms with van der Waals surface area (Å²) in [4.78, 5) is 12.3. The largest absolute Gasteiger partial charge is 0.494 e. The molecular formula is C23H28N4O3S. The number of benzene rings is 2. The van der Waals surface area contributed by atoms with Gasteiger partial charge in [0.2, 0.25) is 5.91 Å². The normalized spacial score (nSPS) is 11.7. The lowest BCUT2D eigenvalue weighted by atomic mass is 10.2. The highest BCUT2D eigenvalue weighted by Gasteiger charge is 2.18. The van der Waals surface area contributed by atoms with Crippen LogP contribution in [-0.2, 0) is 18.3 Å². The Morgan fingerprint density at radius 2 is 1.74 bits per heavy atom. The van der Waals surface area contributed by atoms with E-state index in [0.717, 1.165) is 23.6 Å². The third-order valence-corrected chi connectivity index (χ3v) is 5.68. The van der Waals surface area contributed by atoms with E-state index >= 15 is 0 Å². The Labute approximate surface area is 187 Å². The van der Waals surface area contributed by atoms with Crippen LogP contribution in [0.1, 0.15) is 38.3 Å². The van der Waals surface area contributed by atoms with Gasteiger partial charge in [0.15, 0.2) is 17.1 Å². The summed E-state index contributed by atoms with van der Waals surface area (Å²) < 4.78 is 13.3. The Kier molecular flexibility index (Phi) is 7.94. The molecule has 0 bridgehead atoms. The second-order valence-electron chi connectivity index (χ2n) is 6.95. The molecule has 0 radical (unpaired) electrons. The van der Waals surface area contributed by atoms with Crippen molar-refractivity contribution in [1.82, 2.24) is 14.8 Å². The van der Waals surface area contributed by atoms with Crippen molar-refractivity contribution in [1.29, 1.82) is 0 Å². The minimum absolute atomic E-state index is 0.112. The Hall–Kier alpha value is -3.00. The van der Waals surface area contributed by atoms with Gasteiger partial charge in [-0.25, -0.2) is 0 Å². The minimum atomic E-state index is -0.267. The van der Waals surface area contributed by atoms with Crippen molar-refractivity contribution in [2.45, 2.75) is 38.5 Å². The summed E-state index contributed by atoms with van der Waals surface area (Å²) in [5.74, 6) is 2.39. The number of nitrogens with one attached hydrogen (secondary N) is 1. The molecule has 0 saturated carbocycles. The van der Waals surface area contributed by atoms with Crippen LogP contribution in [0, 0.1) is 0 Å². The van der Waals surface area contributed by atoms with Gasteiger partial charge in [0.05, 0.1) is 12.4 Å². The predicted molar refractivity (Wildman–Crippen MR) is 123 cm³/mol. The Balaban J connectivity index is 1.53. The van der Waals surface area contributed by atoms with Crippen LogP contribution in [0.4, 0.5) is 5.69 Å². The van der Waals surface area contributed by atoms with Crippen molar-refractivity contribution in [2.24, 2.45) is 7.05 Å².